The third kappa shape index (κ3) is 3.98. The maximum absolute atomic E-state index is 13.2. The largest absolute Gasteiger partial charge is 0.508 e. The molecule has 1 N–H and O–H groups in total. The quantitative estimate of drug-likeness (QED) is 0.547. The molecule has 0 saturated heterocycles. The third-order valence-electron chi connectivity index (χ3n) is 5.07. The Labute approximate surface area is 180 Å². The van der Waals surface area contributed by atoms with Gasteiger partial charge in [-0.1, -0.05) is 24.6 Å². The number of carbonyl (C=O) groups is 1. The summed E-state index contributed by atoms with van der Waals surface area (Å²) >= 11 is 6.18. The number of nitrogens with zero attached hydrogens (tertiary/aromatic N) is 1. The van der Waals surface area contributed by atoms with Crippen LogP contribution in [0.1, 0.15) is 45.7 Å². The van der Waals surface area contributed by atoms with Gasteiger partial charge in [-0.25, -0.2) is 0 Å². The van der Waals surface area contributed by atoms with Crippen LogP contribution >= 0.6 is 11.6 Å². The van der Waals surface area contributed by atoms with Gasteiger partial charge in [0.25, 0.3) is 0 Å². The van der Waals surface area contributed by atoms with Gasteiger partial charge in [-0.05, 0) is 80.8 Å². The van der Waals surface area contributed by atoms with Crippen molar-refractivity contribution in [3.8, 4) is 11.5 Å². The van der Waals surface area contributed by atoms with Gasteiger partial charge in [-0.3, -0.25) is 4.79 Å². The Balaban J connectivity index is 2.11. The molecule has 0 radical (unpaired) electrons. The number of Topliss-reactive ketones (excluding diaryl/α,β-unsaturated/α-hetero) is 1. The van der Waals surface area contributed by atoms with E-state index in [1.165, 1.54) is 12.1 Å². The van der Waals surface area contributed by atoms with Crippen molar-refractivity contribution < 1.29 is 19.4 Å². The van der Waals surface area contributed by atoms with E-state index < -0.39 is 11.2 Å². The number of rotatable bonds is 5. The van der Waals surface area contributed by atoms with E-state index in [0.29, 0.717) is 23.5 Å². The normalized spacial score (nSPS) is 17.7. The van der Waals surface area contributed by atoms with Crippen LogP contribution in [0.4, 0.5) is 5.69 Å². The second-order valence-electron chi connectivity index (χ2n) is 8.16. The van der Waals surface area contributed by atoms with Crippen LogP contribution in [0.3, 0.4) is 0 Å². The molecule has 1 heterocycles. The van der Waals surface area contributed by atoms with E-state index >= 15 is 0 Å². The minimum atomic E-state index is -1.09. The van der Waals surface area contributed by atoms with E-state index in [4.69, 9.17) is 21.1 Å². The number of aliphatic hydroxyl groups is 1. The number of carbonyl (C=O) groups excluding carboxylic acids is 1. The molecule has 0 fully saturated rings. The van der Waals surface area contributed by atoms with Gasteiger partial charge < -0.3 is 14.6 Å². The molecule has 7 heteroatoms. The molecule has 0 saturated carbocycles. The molecule has 1 aliphatic heterocycles. The van der Waals surface area contributed by atoms with Gasteiger partial charge >= 0.3 is 0 Å². The zero-order valence-electron chi connectivity index (χ0n) is 17.6. The lowest BCUT2D eigenvalue weighted by atomic mass is 9.81. The molecular weight excluding hydrogens is 406 g/mol. The topological polar surface area (TPSA) is 85.2 Å². The summed E-state index contributed by atoms with van der Waals surface area (Å²) in [4.78, 5) is 23.8. The predicted molar refractivity (Wildman–Crippen MR) is 117 cm³/mol. The molecule has 0 unspecified atom stereocenters. The minimum absolute atomic E-state index is 0.113. The SMILES string of the molecule is CCc1ccc(Oc2ccc(N=O)cc2Cl)cc1C1=C(O)C(C)(C)OC(C)(C)C1=O. The van der Waals surface area contributed by atoms with Crippen molar-refractivity contribution in [3.63, 3.8) is 0 Å². The Bertz CT molecular complexity index is 1060. The first-order valence-electron chi connectivity index (χ1n) is 9.63. The van der Waals surface area contributed by atoms with Crippen LogP contribution in [-0.2, 0) is 16.0 Å². The number of aryl methyl sites for hydroxylation is 1. The summed E-state index contributed by atoms with van der Waals surface area (Å²) < 4.78 is 11.7. The van der Waals surface area contributed by atoms with Gasteiger partial charge in [0.2, 0.25) is 0 Å². The molecule has 0 spiro atoms. The van der Waals surface area contributed by atoms with E-state index in [1.807, 2.05) is 13.0 Å². The standard InChI is InChI=1S/C23H24ClNO5/c1-6-13-7-9-15(29-18-10-8-14(25-28)11-17(18)24)12-16(13)19-20(26)22(2,3)30-23(4,5)21(19)27/h7-12,26H,6H2,1-5H3. The van der Waals surface area contributed by atoms with Gasteiger partial charge in [0.15, 0.2) is 5.78 Å². The van der Waals surface area contributed by atoms with Crippen molar-refractivity contribution in [2.24, 2.45) is 5.18 Å². The summed E-state index contributed by atoms with van der Waals surface area (Å²) in [7, 11) is 0. The van der Waals surface area contributed by atoms with E-state index in [9.17, 15) is 14.8 Å². The first-order chi connectivity index (χ1) is 14.0. The van der Waals surface area contributed by atoms with Crippen molar-refractivity contribution in [2.75, 3.05) is 0 Å². The van der Waals surface area contributed by atoms with Crippen LogP contribution in [0.5, 0.6) is 11.5 Å². The van der Waals surface area contributed by atoms with Gasteiger partial charge in [0.05, 0.1) is 10.6 Å². The highest BCUT2D eigenvalue weighted by Gasteiger charge is 2.47. The highest BCUT2D eigenvalue weighted by atomic mass is 35.5. The average molecular weight is 430 g/mol. The second kappa shape index (κ2) is 7.85. The number of ketones is 1. The summed E-state index contributed by atoms with van der Waals surface area (Å²) in [5.41, 5.74) is -0.211. The van der Waals surface area contributed by atoms with Crippen LogP contribution in [-0.4, -0.2) is 22.1 Å². The molecule has 6 nitrogen and oxygen atoms in total. The van der Waals surface area contributed by atoms with Crippen LogP contribution in [0.15, 0.2) is 47.3 Å². The number of ether oxygens (including phenoxy) is 2. The number of hydrogen-bond acceptors (Lipinski definition) is 6. The minimum Gasteiger partial charge on any atom is -0.508 e. The number of halogens is 1. The molecule has 30 heavy (non-hydrogen) atoms. The molecule has 1 aliphatic rings. The zero-order chi connectivity index (χ0) is 22.3. The van der Waals surface area contributed by atoms with Crippen molar-refractivity contribution in [2.45, 2.75) is 52.2 Å². The molecule has 3 rings (SSSR count). The zero-order valence-corrected chi connectivity index (χ0v) is 18.3. The maximum atomic E-state index is 13.2. The van der Waals surface area contributed by atoms with Crippen LogP contribution < -0.4 is 4.74 Å². The van der Waals surface area contributed by atoms with Gasteiger partial charge in [-0.15, -0.1) is 4.91 Å². The lowest BCUT2D eigenvalue weighted by Gasteiger charge is -2.40. The van der Waals surface area contributed by atoms with Gasteiger partial charge in [0.1, 0.15) is 34.1 Å². The fraction of sp³-hybridized carbons (Fsp3) is 0.348. The lowest BCUT2D eigenvalue weighted by molar-refractivity contribution is -0.158. The van der Waals surface area contributed by atoms with Gasteiger partial charge in [0, 0.05) is 0 Å². The fourth-order valence-electron chi connectivity index (χ4n) is 3.61. The van der Waals surface area contributed by atoms with Gasteiger partial charge in [-0.2, -0.15) is 0 Å². The number of hydrogen-bond donors (Lipinski definition) is 1. The summed E-state index contributed by atoms with van der Waals surface area (Å²) in [6.45, 7) is 8.81. The van der Waals surface area contributed by atoms with Crippen LogP contribution in [0.25, 0.3) is 5.57 Å². The molecule has 158 valence electrons. The Morgan fingerprint density at radius 2 is 1.80 bits per heavy atom. The highest BCUT2D eigenvalue weighted by Crippen LogP contribution is 2.42. The lowest BCUT2D eigenvalue weighted by Crippen LogP contribution is -2.49. The maximum Gasteiger partial charge on any atom is 0.198 e. The molecule has 2 aromatic rings. The fourth-order valence-corrected chi connectivity index (χ4v) is 3.82. The van der Waals surface area contributed by atoms with Crippen LogP contribution in [0, 0.1) is 4.91 Å². The van der Waals surface area contributed by atoms with Crippen molar-refractivity contribution >= 4 is 28.6 Å². The summed E-state index contributed by atoms with van der Waals surface area (Å²) in [6.07, 6.45) is 0.655. The van der Waals surface area contributed by atoms with Crippen molar-refractivity contribution in [1.82, 2.24) is 0 Å². The Hall–Kier alpha value is -2.70. The Kier molecular flexibility index (Phi) is 5.76. The summed E-state index contributed by atoms with van der Waals surface area (Å²) in [5.74, 6) is 0.367. The van der Waals surface area contributed by atoms with E-state index in [-0.39, 0.29) is 27.8 Å². The summed E-state index contributed by atoms with van der Waals surface area (Å²) in [5, 5.41) is 14.0. The molecule has 0 amide bonds. The average Bonchev–Trinajstić information content (AvgIpc) is 2.68. The number of aliphatic hydroxyl groups excluding tert-OH is 1. The first-order valence-corrected chi connectivity index (χ1v) is 10.0. The van der Waals surface area contributed by atoms with E-state index in [1.54, 1.807) is 45.9 Å². The number of benzene rings is 2. The van der Waals surface area contributed by atoms with E-state index in [2.05, 4.69) is 5.18 Å². The van der Waals surface area contributed by atoms with E-state index in [0.717, 1.165) is 5.56 Å². The molecule has 0 bridgehead atoms. The summed E-state index contributed by atoms with van der Waals surface area (Å²) in [6, 6.07) is 9.78. The Morgan fingerprint density at radius 3 is 2.40 bits per heavy atom. The molecule has 2 aromatic carbocycles. The predicted octanol–water partition coefficient (Wildman–Crippen LogP) is 6.52. The second-order valence-corrected chi connectivity index (χ2v) is 8.56. The monoisotopic (exact) mass is 429 g/mol. The van der Waals surface area contributed by atoms with Crippen molar-refractivity contribution in [1.29, 1.82) is 0 Å². The smallest absolute Gasteiger partial charge is 0.198 e. The van der Waals surface area contributed by atoms with Crippen molar-refractivity contribution in [3.05, 3.63) is 63.2 Å². The molecule has 0 aliphatic carbocycles. The highest BCUT2D eigenvalue weighted by molar-refractivity contribution is 6.32. The molecule has 0 atom stereocenters. The first kappa shape index (κ1) is 22.0. The molecule has 0 aromatic heterocycles. The Morgan fingerprint density at radius 1 is 1.10 bits per heavy atom. The third-order valence-corrected chi connectivity index (χ3v) is 5.37. The number of nitroso groups, excluding NO2 is 1. The molecular formula is C23H24ClNO5. The van der Waals surface area contributed by atoms with Crippen LogP contribution in [0.2, 0.25) is 5.02 Å².